The van der Waals surface area contributed by atoms with Crippen LogP contribution in [0.25, 0.3) is 5.95 Å². The van der Waals surface area contributed by atoms with E-state index in [2.05, 4.69) is 25.6 Å². The van der Waals surface area contributed by atoms with Crippen molar-refractivity contribution in [2.45, 2.75) is 0 Å². The van der Waals surface area contributed by atoms with Gasteiger partial charge in [-0.15, -0.1) is 0 Å². The molecule has 0 aliphatic carbocycles. The number of carbonyl (C=O) groups is 1. The number of benzene rings is 1. The lowest BCUT2D eigenvalue weighted by molar-refractivity contribution is 0.262. The molecule has 0 saturated heterocycles. The van der Waals surface area contributed by atoms with Crippen molar-refractivity contribution < 1.29 is 19.0 Å². The summed E-state index contributed by atoms with van der Waals surface area (Å²) in [5.74, 6) is 1.75. The van der Waals surface area contributed by atoms with Crippen LogP contribution in [0.2, 0.25) is 0 Å². The molecule has 0 bridgehead atoms. The minimum Gasteiger partial charge on any atom is -0.493 e. The van der Waals surface area contributed by atoms with Crippen LogP contribution in [0.15, 0.2) is 43.2 Å². The zero-order chi connectivity index (χ0) is 19.2. The van der Waals surface area contributed by atoms with E-state index in [0.29, 0.717) is 34.6 Å². The molecule has 0 saturated carbocycles. The number of hydrogen-bond acceptors (Lipinski definition) is 7. The lowest BCUT2D eigenvalue weighted by atomic mass is 10.2. The van der Waals surface area contributed by atoms with Gasteiger partial charge in [0.25, 0.3) is 0 Å². The van der Waals surface area contributed by atoms with Gasteiger partial charge in [-0.25, -0.2) is 19.7 Å². The fourth-order valence-corrected chi connectivity index (χ4v) is 2.34. The van der Waals surface area contributed by atoms with Crippen LogP contribution in [0.1, 0.15) is 0 Å². The topological polar surface area (TPSA) is 112 Å². The summed E-state index contributed by atoms with van der Waals surface area (Å²) < 4.78 is 17.4. The maximum absolute atomic E-state index is 12.2. The first-order valence-electron chi connectivity index (χ1n) is 7.83. The molecule has 0 fully saturated rings. The highest BCUT2D eigenvalue weighted by Crippen LogP contribution is 2.39. The molecule has 2 heterocycles. The Morgan fingerprint density at radius 2 is 1.59 bits per heavy atom. The number of carbonyl (C=O) groups excluding carboxylic acids is 1. The molecule has 3 aromatic rings. The van der Waals surface area contributed by atoms with Gasteiger partial charge >= 0.3 is 6.03 Å². The average molecular weight is 370 g/mol. The van der Waals surface area contributed by atoms with Gasteiger partial charge in [-0.05, 0) is 0 Å². The van der Waals surface area contributed by atoms with E-state index in [1.807, 2.05) is 0 Å². The predicted octanol–water partition coefficient (Wildman–Crippen LogP) is 2.33. The Bertz CT molecular complexity index is 887. The number of rotatable bonds is 6. The molecule has 10 heteroatoms. The Labute approximate surface area is 155 Å². The van der Waals surface area contributed by atoms with Crippen molar-refractivity contribution in [3.8, 4) is 23.2 Å². The molecule has 0 unspecified atom stereocenters. The fraction of sp³-hybridized carbons (Fsp3) is 0.176. The number of ether oxygens (including phenoxy) is 3. The molecule has 0 aliphatic rings. The summed E-state index contributed by atoms with van der Waals surface area (Å²) in [5.41, 5.74) is 0.904. The monoisotopic (exact) mass is 370 g/mol. The number of hydrogen-bond donors (Lipinski definition) is 2. The van der Waals surface area contributed by atoms with Gasteiger partial charge in [0.1, 0.15) is 6.33 Å². The third-order valence-corrected chi connectivity index (χ3v) is 3.55. The van der Waals surface area contributed by atoms with Crippen LogP contribution in [0.3, 0.4) is 0 Å². The van der Waals surface area contributed by atoms with Gasteiger partial charge in [0, 0.05) is 24.5 Å². The Balaban J connectivity index is 1.70. The minimum absolute atomic E-state index is 0.431. The van der Waals surface area contributed by atoms with Crippen LogP contribution in [0.4, 0.5) is 16.2 Å². The molecule has 0 spiro atoms. The van der Waals surface area contributed by atoms with Gasteiger partial charge in [0.05, 0.1) is 45.1 Å². The van der Waals surface area contributed by atoms with Crippen molar-refractivity contribution in [1.29, 1.82) is 0 Å². The molecule has 2 aromatic heterocycles. The second-order valence-electron chi connectivity index (χ2n) is 5.23. The predicted molar refractivity (Wildman–Crippen MR) is 97.9 cm³/mol. The van der Waals surface area contributed by atoms with E-state index in [1.165, 1.54) is 33.7 Å². The molecule has 2 amide bonds. The lowest BCUT2D eigenvalue weighted by Crippen LogP contribution is -2.20. The van der Waals surface area contributed by atoms with Crippen LogP contribution in [-0.4, -0.2) is 46.9 Å². The summed E-state index contributed by atoms with van der Waals surface area (Å²) in [5, 5.41) is 5.35. The highest BCUT2D eigenvalue weighted by atomic mass is 16.5. The third-order valence-electron chi connectivity index (χ3n) is 3.55. The summed E-state index contributed by atoms with van der Waals surface area (Å²) in [4.78, 5) is 24.5. The molecule has 3 rings (SSSR count). The number of aromatic nitrogens is 4. The van der Waals surface area contributed by atoms with Crippen molar-refractivity contribution >= 4 is 17.4 Å². The number of nitrogens with one attached hydrogen (secondary N) is 2. The zero-order valence-corrected chi connectivity index (χ0v) is 15.0. The van der Waals surface area contributed by atoms with E-state index in [9.17, 15) is 4.79 Å². The lowest BCUT2D eigenvalue weighted by Gasteiger charge is -2.14. The Morgan fingerprint density at radius 1 is 0.963 bits per heavy atom. The van der Waals surface area contributed by atoms with Crippen LogP contribution >= 0.6 is 0 Å². The highest BCUT2D eigenvalue weighted by molar-refractivity contribution is 6.00. The van der Waals surface area contributed by atoms with Crippen LogP contribution in [0.5, 0.6) is 17.2 Å². The Kier molecular flexibility index (Phi) is 5.36. The number of imidazole rings is 1. The first kappa shape index (κ1) is 18.0. The number of nitrogens with zero attached hydrogens (tertiary/aromatic N) is 4. The number of amides is 2. The summed E-state index contributed by atoms with van der Waals surface area (Å²) in [7, 11) is 4.51. The van der Waals surface area contributed by atoms with E-state index >= 15 is 0 Å². The van der Waals surface area contributed by atoms with Gasteiger partial charge in [-0.1, -0.05) is 0 Å². The number of anilines is 2. The largest absolute Gasteiger partial charge is 0.493 e. The summed E-state index contributed by atoms with van der Waals surface area (Å²) in [6, 6.07) is 2.78. The molecule has 27 heavy (non-hydrogen) atoms. The summed E-state index contributed by atoms with van der Waals surface area (Å²) in [6.45, 7) is 0. The third kappa shape index (κ3) is 4.06. The SMILES string of the molecule is COc1cc(NC(=O)Nc2cnc(-n3ccnc3)nc2)cc(OC)c1OC. The molecule has 1 aromatic carbocycles. The van der Waals surface area contributed by atoms with Crippen molar-refractivity contribution in [3.05, 3.63) is 43.2 Å². The van der Waals surface area contributed by atoms with Crippen LogP contribution in [0, 0.1) is 0 Å². The van der Waals surface area contributed by atoms with Crippen LogP contribution in [-0.2, 0) is 0 Å². The van der Waals surface area contributed by atoms with Crippen LogP contribution < -0.4 is 24.8 Å². The molecule has 0 radical (unpaired) electrons. The minimum atomic E-state index is -0.469. The standard InChI is InChI=1S/C17H18N6O4/c1-25-13-6-11(7-14(26-2)15(13)27-3)21-17(24)22-12-8-19-16(20-9-12)23-5-4-18-10-23/h4-10H,1-3H3,(H2,21,22,24). The fourth-order valence-electron chi connectivity index (χ4n) is 2.34. The Morgan fingerprint density at radius 3 is 2.11 bits per heavy atom. The maximum atomic E-state index is 12.2. The molecule has 140 valence electrons. The van der Waals surface area contributed by atoms with Crippen molar-refractivity contribution in [3.63, 3.8) is 0 Å². The first-order valence-corrected chi connectivity index (χ1v) is 7.83. The second kappa shape index (κ2) is 8.04. The molecule has 0 atom stereocenters. The van der Waals surface area contributed by atoms with E-state index in [4.69, 9.17) is 14.2 Å². The molecule has 2 N–H and O–H groups in total. The maximum Gasteiger partial charge on any atom is 0.323 e. The molecular weight excluding hydrogens is 352 g/mol. The normalized spacial score (nSPS) is 10.2. The van der Waals surface area contributed by atoms with E-state index < -0.39 is 6.03 Å². The smallest absolute Gasteiger partial charge is 0.323 e. The van der Waals surface area contributed by atoms with Gasteiger partial charge < -0.3 is 24.8 Å². The number of urea groups is 1. The first-order chi connectivity index (χ1) is 13.1. The quantitative estimate of drug-likeness (QED) is 0.685. The van der Waals surface area contributed by atoms with Gasteiger partial charge in [0.2, 0.25) is 11.7 Å². The van der Waals surface area contributed by atoms with Crippen molar-refractivity contribution in [2.24, 2.45) is 0 Å². The molecular formula is C17H18N6O4. The molecule has 0 aliphatic heterocycles. The molecule has 10 nitrogen and oxygen atoms in total. The summed E-state index contributed by atoms with van der Waals surface area (Å²) in [6.07, 6.45) is 7.92. The van der Waals surface area contributed by atoms with Gasteiger partial charge in [-0.3, -0.25) is 4.57 Å². The average Bonchev–Trinajstić information content (AvgIpc) is 3.22. The zero-order valence-electron chi connectivity index (χ0n) is 15.0. The van der Waals surface area contributed by atoms with Crippen molar-refractivity contribution in [1.82, 2.24) is 19.5 Å². The number of methoxy groups -OCH3 is 3. The highest BCUT2D eigenvalue weighted by Gasteiger charge is 2.14. The Hall–Kier alpha value is -3.82. The second-order valence-corrected chi connectivity index (χ2v) is 5.23. The van der Waals surface area contributed by atoms with E-state index in [0.717, 1.165) is 0 Å². The van der Waals surface area contributed by atoms with Gasteiger partial charge in [0.15, 0.2) is 11.5 Å². The summed E-state index contributed by atoms with van der Waals surface area (Å²) >= 11 is 0. The van der Waals surface area contributed by atoms with E-state index in [1.54, 1.807) is 35.4 Å². The van der Waals surface area contributed by atoms with Gasteiger partial charge in [-0.2, -0.15) is 0 Å². The van der Waals surface area contributed by atoms with Crippen molar-refractivity contribution in [2.75, 3.05) is 32.0 Å². The van der Waals surface area contributed by atoms with E-state index in [-0.39, 0.29) is 0 Å².